The second-order valence-electron chi connectivity index (χ2n) is 16.7. The quantitative estimate of drug-likeness (QED) is 0.0356. The van der Waals surface area contributed by atoms with Gasteiger partial charge in [-0.05, 0) is 77.7 Å². The summed E-state index contributed by atoms with van der Waals surface area (Å²) in [6, 6.07) is 6.95. The van der Waals surface area contributed by atoms with Crippen molar-refractivity contribution in [1.29, 1.82) is 0 Å². The number of aliphatic hydroxyl groups is 4. The molecule has 8 unspecified atom stereocenters. The van der Waals surface area contributed by atoms with E-state index in [0.29, 0.717) is 37.3 Å². The van der Waals surface area contributed by atoms with Crippen molar-refractivity contribution >= 4 is 11.7 Å². The SMILES string of the molecule is CCCC(C)(O)C(O)C(C)C(=NOCOCCOC)C(C)CC(C)(O)C(O[C@@H]1O[C@H](C)C[C@H](N(C)C)[C@H]1O)C(C)C(OC(=O)Cc1cccc(OC)c1)C(C)C. The Morgan fingerprint density at radius 3 is 2.34 bits per heavy atom. The van der Waals surface area contributed by atoms with E-state index in [1.165, 1.54) is 0 Å². The summed E-state index contributed by atoms with van der Waals surface area (Å²) in [5.41, 5.74) is -1.95. The van der Waals surface area contributed by atoms with E-state index in [9.17, 15) is 25.2 Å². The Kier molecular flexibility index (Phi) is 20.7. The van der Waals surface area contributed by atoms with Gasteiger partial charge in [-0.2, -0.15) is 0 Å². The van der Waals surface area contributed by atoms with Crippen LogP contribution in [-0.2, 0) is 39.7 Å². The first-order valence-electron chi connectivity index (χ1n) is 20.1. The van der Waals surface area contributed by atoms with E-state index in [1.54, 1.807) is 47.1 Å². The molecule has 0 amide bonds. The number of aliphatic hydroxyl groups excluding tert-OH is 2. The number of likely N-dealkylation sites (N-methyl/N-ethyl adjacent to an activating group) is 1. The number of methoxy groups -OCH3 is 2. The highest BCUT2D eigenvalue weighted by atomic mass is 16.7. The maximum Gasteiger partial charge on any atom is 0.310 e. The fourth-order valence-corrected chi connectivity index (χ4v) is 7.96. The van der Waals surface area contributed by atoms with Crippen LogP contribution in [0.1, 0.15) is 93.6 Å². The molecule has 14 nitrogen and oxygen atoms in total. The van der Waals surface area contributed by atoms with Gasteiger partial charge >= 0.3 is 5.97 Å². The van der Waals surface area contributed by atoms with Crippen molar-refractivity contribution in [3.8, 4) is 5.75 Å². The molecule has 4 N–H and O–H groups in total. The molecule has 0 saturated carbocycles. The summed E-state index contributed by atoms with van der Waals surface area (Å²) in [5, 5.41) is 51.2. The zero-order valence-corrected chi connectivity index (χ0v) is 36.3. The van der Waals surface area contributed by atoms with Gasteiger partial charge in [-0.3, -0.25) is 4.79 Å². The number of hydrogen-bond donors (Lipinski definition) is 4. The number of ether oxygens (including phenoxy) is 6. The third kappa shape index (κ3) is 14.8. The summed E-state index contributed by atoms with van der Waals surface area (Å²) in [6.07, 6.45) is -3.73. The summed E-state index contributed by atoms with van der Waals surface area (Å²) < 4.78 is 34.9. The predicted molar refractivity (Wildman–Crippen MR) is 214 cm³/mol. The topological polar surface area (TPSA) is 178 Å². The first kappa shape index (κ1) is 49.7. The second kappa shape index (κ2) is 23.3. The van der Waals surface area contributed by atoms with Gasteiger partial charge in [0.2, 0.25) is 6.79 Å². The van der Waals surface area contributed by atoms with Gasteiger partial charge in [0.05, 0.1) is 62.0 Å². The summed E-state index contributed by atoms with van der Waals surface area (Å²) in [7, 11) is 6.90. The average molecular weight is 799 g/mol. The van der Waals surface area contributed by atoms with Crippen LogP contribution in [0.3, 0.4) is 0 Å². The Hall–Kier alpha value is -2.40. The van der Waals surface area contributed by atoms with E-state index >= 15 is 0 Å². The number of benzene rings is 1. The highest BCUT2D eigenvalue weighted by molar-refractivity contribution is 5.88. The zero-order chi connectivity index (χ0) is 42.4. The third-order valence-electron chi connectivity index (χ3n) is 10.9. The fourth-order valence-electron chi connectivity index (χ4n) is 7.96. The van der Waals surface area contributed by atoms with Crippen LogP contribution < -0.4 is 4.74 Å². The molecule has 2 rings (SSSR count). The van der Waals surface area contributed by atoms with E-state index in [4.69, 9.17) is 33.3 Å². The third-order valence-corrected chi connectivity index (χ3v) is 10.9. The minimum Gasteiger partial charge on any atom is -0.497 e. The zero-order valence-electron chi connectivity index (χ0n) is 36.3. The molecule has 1 aliphatic heterocycles. The Morgan fingerprint density at radius 1 is 1.07 bits per heavy atom. The summed E-state index contributed by atoms with van der Waals surface area (Å²) >= 11 is 0. The van der Waals surface area contributed by atoms with E-state index in [2.05, 4.69) is 5.16 Å². The molecular weight excluding hydrogens is 724 g/mol. The number of rotatable bonds is 25. The van der Waals surface area contributed by atoms with Gasteiger partial charge in [-0.25, -0.2) is 0 Å². The minimum atomic E-state index is -1.66. The molecule has 0 aliphatic carbocycles. The van der Waals surface area contributed by atoms with Crippen LogP contribution in [-0.4, -0.2) is 139 Å². The molecule has 1 saturated heterocycles. The maximum absolute atomic E-state index is 13.5. The summed E-state index contributed by atoms with van der Waals surface area (Å²) in [4.78, 5) is 21.0. The molecule has 324 valence electrons. The molecule has 12 atom stereocenters. The normalized spacial score (nSPS) is 24.7. The van der Waals surface area contributed by atoms with Gasteiger partial charge in [0, 0.05) is 30.9 Å². The smallest absolute Gasteiger partial charge is 0.310 e. The Balaban J connectivity index is 2.55. The number of hydrogen-bond acceptors (Lipinski definition) is 14. The molecule has 56 heavy (non-hydrogen) atoms. The highest BCUT2D eigenvalue weighted by Gasteiger charge is 2.48. The Morgan fingerprint density at radius 2 is 1.75 bits per heavy atom. The van der Waals surface area contributed by atoms with Crippen LogP contribution in [0.5, 0.6) is 5.75 Å². The number of nitrogens with zero attached hydrogens (tertiary/aromatic N) is 2. The molecule has 0 radical (unpaired) electrons. The maximum atomic E-state index is 13.5. The van der Waals surface area contributed by atoms with E-state index < -0.39 is 65.6 Å². The van der Waals surface area contributed by atoms with Crippen LogP contribution in [0.25, 0.3) is 0 Å². The molecule has 0 bridgehead atoms. The lowest BCUT2D eigenvalue weighted by atomic mass is 9.74. The monoisotopic (exact) mass is 799 g/mol. The van der Waals surface area contributed by atoms with E-state index in [1.807, 2.05) is 72.7 Å². The van der Waals surface area contributed by atoms with Crippen molar-refractivity contribution in [3.63, 3.8) is 0 Å². The number of oxime groups is 1. The lowest BCUT2D eigenvalue weighted by Gasteiger charge is -2.47. The largest absolute Gasteiger partial charge is 0.497 e. The van der Waals surface area contributed by atoms with Crippen LogP contribution in [0.15, 0.2) is 29.4 Å². The highest BCUT2D eigenvalue weighted by Crippen LogP contribution is 2.37. The minimum absolute atomic E-state index is 0.00952. The molecule has 1 aromatic carbocycles. The Labute approximate surface area is 335 Å². The van der Waals surface area contributed by atoms with Crippen molar-refractivity contribution in [2.75, 3.05) is 48.3 Å². The second-order valence-corrected chi connectivity index (χ2v) is 16.7. The van der Waals surface area contributed by atoms with Gasteiger partial charge in [-0.15, -0.1) is 0 Å². The molecule has 1 fully saturated rings. The van der Waals surface area contributed by atoms with Crippen molar-refractivity contribution < 1.29 is 58.5 Å². The van der Waals surface area contributed by atoms with Gasteiger partial charge < -0.3 is 58.6 Å². The average Bonchev–Trinajstić information content (AvgIpc) is 3.12. The number of esters is 1. The number of carbonyl (C=O) groups excluding carboxylic acids is 1. The standard InChI is InChI=1S/C42H74N2O12/c1-14-18-41(8,48)38(47)29(6)35(43-53-25-52-20-19-50-12)27(4)24-42(9,49)39(56-40-36(46)33(44(10)11)21-28(5)54-40)30(7)37(26(2)3)55-34(45)23-31-16-15-17-32(22-31)51-13/h15-17,22,26-30,33,36-40,46-49H,14,18-21,23-25H2,1-13H3/t27?,28-,29?,30?,33+,36-,37?,38?,39?,40+,41?,42?/m1/s1. The van der Waals surface area contributed by atoms with Gasteiger partial charge in [0.15, 0.2) is 6.29 Å². The van der Waals surface area contributed by atoms with E-state index in [-0.39, 0.29) is 44.3 Å². The van der Waals surface area contributed by atoms with Crippen LogP contribution in [0, 0.1) is 23.7 Å². The molecule has 0 aromatic heterocycles. The fraction of sp³-hybridized carbons (Fsp3) is 0.810. The summed E-state index contributed by atoms with van der Waals surface area (Å²) in [5.74, 6) is -1.86. The molecule has 1 aromatic rings. The molecule has 1 aliphatic rings. The van der Waals surface area contributed by atoms with Crippen LogP contribution in [0.4, 0.5) is 0 Å². The van der Waals surface area contributed by atoms with Crippen molar-refractivity contribution in [2.45, 2.75) is 148 Å². The van der Waals surface area contributed by atoms with Crippen molar-refractivity contribution in [3.05, 3.63) is 29.8 Å². The molecule has 14 heteroatoms. The van der Waals surface area contributed by atoms with Gasteiger partial charge in [0.1, 0.15) is 18.0 Å². The van der Waals surface area contributed by atoms with E-state index in [0.717, 1.165) is 5.56 Å². The first-order valence-corrected chi connectivity index (χ1v) is 20.1. The molecule has 0 spiro atoms. The predicted octanol–water partition coefficient (Wildman–Crippen LogP) is 4.57. The summed E-state index contributed by atoms with van der Waals surface area (Å²) in [6.45, 7) is 16.9. The Bertz CT molecular complexity index is 1320. The van der Waals surface area contributed by atoms with Gasteiger partial charge in [0.25, 0.3) is 0 Å². The number of carbonyl (C=O) groups is 1. The molecule has 1 heterocycles. The lowest BCUT2D eigenvalue weighted by Crippen LogP contribution is -2.59. The lowest BCUT2D eigenvalue weighted by molar-refractivity contribution is -0.299. The first-order chi connectivity index (χ1) is 26.2. The van der Waals surface area contributed by atoms with Crippen molar-refractivity contribution in [2.24, 2.45) is 28.8 Å². The van der Waals surface area contributed by atoms with Crippen molar-refractivity contribution in [1.82, 2.24) is 4.90 Å². The van der Waals surface area contributed by atoms with Gasteiger partial charge in [-0.1, -0.05) is 65.3 Å². The molecular formula is C42H74N2O12. The van der Waals surface area contributed by atoms with Crippen LogP contribution in [0.2, 0.25) is 0 Å². The van der Waals surface area contributed by atoms with Crippen LogP contribution >= 0.6 is 0 Å².